The zero-order valence-corrected chi connectivity index (χ0v) is 12.4. The van der Waals surface area contributed by atoms with E-state index in [-0.39, 0.29) is 0 Å². The molecule has 0 amide bonds. The van der Waals surface area contributed by atoms with E-state index in [1.165, 1.54) is 25.9 Å². The van der Waals surface area contributed by atoms with Crippen LogP contribution in [0.25, 0.3) is 11.0 Å². The zero-order chi connectivity index (χ0) is 13.9. The molecule has 2 heterocycles. The summed E-state index contributed by atoms with van der Waals surface area (Å²) < 4.78 is 0. The average molecular weight is 272 g/mol. The van der Waals surface area contributed by atoms with Gasteiger partial charge in [-0.05, 0) is 37.4 Å². The van der Waals surface area contributed by atoms with Crippen LogP contribution in [0.2, 0.25) is 0 Å². The van der Waals surface area contributed by atoms with E-state index in [4.69, 9.17) is 0 Å². The van der Waals surface area contributed by atoms with Gasteiger partial charge in [-0.1, -0.05) is 26.0 Å². The summed E-state index contributed by atoms with van der Waals surface area (Å²) in [6, 6.07) is 8.80. The number of imidazole rings is 1. The Morgan fingerprint density at radius 3 is 3.05 bits per heavy atom. The molecule has 0 unspecified atom stereocenters. The molecule has 2 aromatic rings. The summed E-state index contributed by atoms with van der Waals surface area (Å²) in [5.41, 5.74) is 2.13. The lowest BCUT2D eigenvalue weighted by Gasteiger charge is -2.26. The van der Waals surface area contributed by atoms with Gasteiger partial charge in [0.05, 0.1) is 11.0 Å². The third kappa shape index (κ3) is 2.96. The van der Waals surface area contributed by atoms with Crippen LogP contribution in [0, 0.1) is 5.92 Å². The first-order valence-electron chi connectivity index (χ1n) is 7.65. The van der Waals surface area contributed by atoms with Crippen molar-refractivity contribution in [2.24, 2.45) is 5.92 Å². The molecular weight excluding hydrogens is 248 g/mol. The maximum absolute atomic E-state index is 4.57. The van der Waals surface area contributed by atoms with E-state index in [2.05, 4.69) is 40.1 Å². The van der Waals surface area contributed by atoms with Crippen LogP contribution in [0.15, 0.2) is 24.3 Å². The predicted molar refractivity (Wildman–Crippen MR) is 84.0 cm³/mol. The van der Waals surface area contributed by atoms with Gasteiger partial charge in [0.2, 0.25) is 5.95 Å². The number of aromatic amines is 1. The first-order chi connectivity index (χ1) is 9.72. The van der Waals surface area contributed by atoms with Crippen LogP contribution in [0.1, 0.15) is 26.7 Å². The highest BCUT2D eigenvalue weighted by Gasteiger charge is 2.24. The van der Waals surface area contributed by atoms with Crippen LogP contribution < -0.4 is 5.32 Å². The summed E-state index contributed by atoms with van der Waals surface area (Å²) >= 11 is 0. The fraction of sp³-hybridized carbons (Fsp3) is 0.562. The van der Waals surface area contributed by atoms with E-state index in [0.29, 0.717) is 6.04 Å². The molecule has 1 aliphatic rings. The van der Waals surface area contributed by atoms with Crippen molar-refractivity contribution in [3.05, 3.63) is 24.3 Å². The Balaban J connectivity index is 1.61. The molecule has 4 heteroatoms. The van der Waals surface area contributed by atoms with Crippen molar-refractivity contribution >= 4 is 17.0 Å². The molecule has 0 radical (unpaired) electrons. The predicted octanol–water partition coefficient (Wildman–Crippen LogP) is 3.10. The van der Waals surface area contributed by atoms with Gasteiger partial charge in [0, 0.05) is 19.1 Å². The molecular formula is C16H24N4. The first kappa shape index (κ1) is 13.4. The number of hydrogen-bond donors (Lipinski definition) is 2. The second kappa shape index (κ2) is 5.83. The van der Waals surface area contributed by atoms with Gasteiger partial charge in [-0.15, -0.1) is 0 Å². The van der Waals surface area contributed by atoms with Crippen LogP contribution in [-0.2, 0) is 0 Å². The Bertz CT molecular complexity index is 527. The number of benzene rings is 1. The number of anilines is 1. The molecule has 1 atom stereocenters. The van der Waals surface area contributed by atoms with Crippen molar-refractivity contribution < 1.29 is 0 Å². The van der Waals surface area contributed by atoms with Gasteiger partial charge in [0.25, 0.3) is 0 Å². The number of hydrogen-bond acceptors (Lipinski definition) is 3. The normalized spacial score (nSPS) is 20.1. The Hall–Kier alpha value is -1.55. The quantitative estimate of drug-likeness (QED) is 0.879. The van der Waals surface area contributed by atoms with E-state index in [1.54, 1.807) is 0 Å². The van der Waals surface area contributed by atoms with Gasteiger partial charge in [-0.3, -0.25) is 4.90 Å². The number of nitrogens with one attached hydrogen (secondary N) is 2. The molecule has 20 heavy (non-hydrogen) atoms. The lowest BCUT2D eigenvalue weighted by molar-refractivity contribution is 0.234. The molecule has 1 aromatic carbocycles. The average Bonchev–Trinajstić information content (AvgIpc) is 3.01. The third-order valence-corrected chi connectivity index (χ3v) is 3.99. The molecule has 2 N–H and O–H groups in total. The minimum Gasteiger partial charge on any atom is -0.354 e. The van der Waals surface area contributed by atoms with Crippen LogP contribution >= 0.6 is 0 Å². The second-order valence-corrected chi connectivity index (χ2v) is 6.17. The number of likely N-dealkylation sites (tertiary alicyclic amines) is 1. The number of nitrogens with zero attached hydrogens (tertiary/aromatic N) is 2. The molecule has 1 saturated heterocycles. The lowest BCUT2D eigenvalue weighted by Crippen LogP contribution is -2.37. The monoisotopic (exact) mass is 272 g/mol. The van der Waals surface area contributed by atoms with Crippen LogP contribution in [0.4, 0.5) is 5.95 Å². The van der Waals surface area contributed by atoms with E-state index in [9.17, 15) is 0 Å². The second-order valence-electron chi connectivity index (χ2n) is 6.17. The van der Waals surface area contributed by atoms with Gasteiger partial charge in [0.1, 0.15) is 0 Å². The van der Waals surface area contributed by atoms with Gasteiger partial charge < -0.3 is 10.3 Å². The summed E-state index contributed by atoms with van der Waals surface area (Å²) in [5, 5.41) is 3.47. The Labute approximate surface area is 120 Å². The molecule has 0 aliphatic carbocycles. The van der Waals surface area contributed by atoms with Crippen molar-refractivity contribution in [3.8, 4) is 0 Å². The Kier molecular flexibility index (Phi) is 3.92. The van der Waals surface area contributed by atoms with Crippen molar-refractivity contribution in [1.82, 2.24) is 14.9 Å². The molecule has 1 fully saturated rings. The van der Waals surface area contributed by atoms with Gasteiger partial charge >= 0.3 is 0 Å². The molecule has 0 saturated carbocycles. The van der Waals surface area contributed by atoms with Crippen LogP contribution in [-0.4, -0.2) is 40.5 Å². The summed E-state index contributed by atoms with van der Waals surface area (Å²) in [4.78, 5) is 10.5. The Morgan fingerprint density at radius 2 is 2.25 bits per heavy atom. The smallest absolute Gasteiger partial charge is 0.201 e. The van der Waals surface area contributed by atoms with E-state index >= 15 is 0 Å². The van der Waals surface area contributed by atoms with Crippen molar-refractivity contribution in [2.75, 3.05) is 25.0 Å². The largest absolute Gasteiger partial charge is 0.354 e. The van der Waals surface area contributed by atoms with Crippen LogP contribution in [0.3, 0.4) is 0 Å². The van der Waals surface area contributed by atoms with Crippen molar-refractivity contribution in [3.63, 3.8) is 0 Å². The summed E-state index contributed by atoms with van der Waals surface area (Å²) in [7, 11) is 0. The topological polar surface area (TPSA) is 44.0 Å². The maximum atomic E-state index is 4.57. The van der Waals surface area contributed by atoms with Gasteiger partial charge in [-0.2, -0.15) is 0 Å². The highest BCUT2D eigenvalue weighted by atomic mass is 15.2. The SMILES string of the molecule is CC(C)CN1CCC[C@@H]1CNc1nc2ccccc2[nH]1. The number of para-hydroxylation sites is 2. The maximum Gasteiger partial charge on any atom is 0.201 e. The third-order valence-electron chi connectivity index (χ3n) is 3.99. The molecule has 4 nitrogen and oxygen atoms in total. The fourth-order valence-corrected chi connectivity index (χ4v) is 3.09. The molecule has 0 bridgehead atoms. The number of H-pyrrole nitrogens is 1. The van der Waals surface area contributed by atoms with Gasteiger partial charge in [0.15, 0.2) is 0 Å². The Morgan fingerprint density at radius 1 is 1.40 bits per heavy atom. The summed E-state index contributed by atoms with van der Waals surface area (Å²) in [6.45, 7) is 8.01. The summed E-state index contributed by atoms with van der Waals surface area (Å²) in [5.74, 6) is 1.63. The highest BCUT2D eigenvalue weighted by molar-refractivity contribution is 5.77. The van der Waals surface area contributed by atoms with E-state index in [1.807, 2.05) is 18.2 Å². The van der Waals surface area contributed by atoms with Gasteiger partial charge in [-0.25, -0.2) is 4.98 Å². The van der Waals surface area contributed by atoms with Crippen molar-refractivity contribution in [2.45, 2.75) is 32.7 Å². The highest BCUT2D eigenvalue weighted by Crippen LogP contribution is 2.19. The molecule has 0 spiro atoms. The summed E-state index contributed by atoms with van der Waals surface area (Å²) in [6.07, 6.45) is 2.61. The number of fused-ring (bicyclic) bond motifs is 1. The number of aromatic nitrogens is 2. The standard InChI is InChI=1S/C16H24N4/c1-12(2)11-20-9-5-6-13(20)10-17-16-18-14-7-3-4-8-15(14)19-16/h3-4,7-8,12-13H,5-6,9-11H2,1-2H3,(H2,17,18,19)/t13-/m1/s1. The van der Waals surface area contributed by atoms with Crippen LogP contribution in [0.5, 0.6) is 0 Å². The number of rotatable bonds is 5. The van der Waals surface area contributed by atoms with E-state index < -0.39 is 0 Å². The fourth-order valence-electron chi connectivity index (χ4n) is 3.09. The first-order valence-corrected chi connectivity index (χ1v) is 7.65. The lowest BCUT2D eigenvalue weighted by atomic mass is 10.1. The molecule has 1 aromatic heterocycles. The van der Waals surface area contributed by atoms with Crippen molar-refractivity contribution in [1.29, 1.82) is 0 Å². The molecule has 1 aliphatic heterocycles. The van der Waals surface area contributed by atoms with E-state index in [0.717, 1.165) is 29.4 Å². The molecule has 3 rings (SSSR count). The molecule has 108 valence electrons. The minimum atomic E-state index is 0.644. The zero-order valence-electron chi connectivity index (χ0n) is 12.4. The minimum absolute atomic E-state index is 0.644.